The van der Waals surface area contributed by atoms with Gasteiger partial charge in [0.05, 0.1) is 18.8 Å². The van der Waals surface area contributed by atoms with Gasteiger partial charge >= 0.3 is 0 Å². The van der Waals surface area contributed by atoms with Crippen LogP contribution in [0, 0.1) is 0 Å². The van der Waals surface area contributed by atoms with E-state index in [0.717, 1.165) is 25.1 Å². The van der Waals surface area contributed by atoms with Crippen molar-refractivity contribution >= 4 is 5.96 Å². The lowest BCUT2D eigenvalue weighted by Gasteiger charge is -2.23. The van der Waals surface area contributed by atoms with Crippen LogP contribution in [0.15, 0.2) is 17.4 Å². The highest BCUT2D eigenvalue weighted by Crippen LogP contribution is 2.19. The van der Waals surface area contributed by atoms with E-state index >= 15 is 0 Å². The molecule has 0 fully saturated rings. The van der Waals surface area contributed by atoms with Gasteiger partial charge in [-0.05, 0) is 41.3 Å². The predicted octanol–water partition coefficient (Wildman–Crippen LogP) is 0.540. The standard InChI is InChI=1S/C18H36N6O2/c1-7-19-17(20-12-16(26-8-2)9-10-23(4)5)21-14-18(3,25)15-11-22-24(6)13-15/h11,13,16,25H,7-10,12,14H2,1-6H3,(H2,19,20,21). The largest absolute Gasteiger partial charge is 0.383 e. The van der Waals surface area contributed by atoms with Crippen LogP contribution in [-0.4, -0.2) is 78.7 Å². The summed E-state index contributed by atoms with van der Waals surface area (Å²) in [7, 11) is 5.95. The number of rotatable bonds is 11. The molecule has 8 nitrogen and oxygen atoms in total. The number of guanidine groups is 1. The molecule has 1 aromatic rings. The monoisotopic (exact) mass is 368 g/mol. The van der Waals surface area contributed by atoms with Crippen molar-refractivity contribution in [3.8, 4) is 0 Å². The lowest BCUT2D eigenvalue weighted by molar-refractivity contribution is 0.0546. The van der Waals surface area contributed by atoms with Crippen LogP contribution >= 0.6 is 0 Å². The van der Waals surface area contributed by atoms with E-state index in [0.29, 0.717) is 19.1 Å². The third-order valence-corrected chi connectivity index (χ3v) is 4.01. The Hall–Kier alpha value is -1.64. The molecule has 1 rings (SSSR count). The van der Waals surface area contributed by atoms with Gasteiger partial charge in [-0.25, -0.2) is 4.99 Å². The maximum atomic E-state index is 10.7. The number of nitrogens with one attached hydrogen (secondary N) is 2. The Morgan fingerprint density at radius 1 is 1.42 bits per heavy atom. The fourth-order valence-corrected chi connectivity index (χ4v) is 2.46. The van der Waals surface area contributed by atoms with Crippen LogP contribution in [0.2, 0.25) is 0 Å². The zero-order valence-electron chi connectivity index (χ0n) is 17.1. The predicted molar refractivity (Wildman–Crippen MR) is 105 cm³/mol. The second-order valence-electron chi connectivity index (χ2n) is 6.92. The maximum Gasteiger partial charge on any atom is 0.191 e. The minimum atomic E-state index is -1.07. The number of aryl methyl sites for hydroxylation is 1. The van der Waals surface area contributed by atoms with E-state index < -0.39 is 5.60 Å². The third kappa shape index (κ3) is 8.16. The highest BCUT2D eigenvalue weighted by Gasteiger charge is 2.24. The fourth-order valence-electron chi connectivity index (χ4n) is 2.46. The molecule has 0 aliphatic heterocycles. The molecule has 0 aromatic carbocycles. The molecule has 3 N–H and O–H groups in total. The first-order chi connectivity index (χ1) is 12.3. The van der Waals surface area contributed by atoms with Crippen LogP contribution in [0.3, 0.4) is 0 Å². The van der Waals surface area contributed by atoms with E-state index in [1.54, 1.807) is 17.8 Å². The molecule has 0 aliphatic carbocycles. The molecule has 0 saturated carbocycles. The number of hydrogen-bond acceptors (Lipinski definition) is 5. The molecule has 0 amide bonds. The van der Waals surface area contributed by atoms with Gasteiger partial charge < -0.3 is 25.4 Å². The van der Waals surface area contributed by atoms with E-state index in [4.69, 9.17) is 4.74 Å². The summed E-state index contributed by atoms with van der Waals surface area (Å²) < 4.78 is 7.48. The van der Waals surface area contributed by atoms with Crippen LogP contribution in [0.4, 0.5) is 0 Å². The van der Waals surface area contributed by atoms with Crippen molar-refractivity contribution in [2.45, 2.75) is 38.9 Å². The smallest absolute Gasteiger partial charge is 0.191 e. The van der Waals surface area contributed by atoms with Crippen molar-refractivity contribution in [1.29, 1.82) is 0 Å². The molecule has 0 spiro atoms. The summed E-state index contributed by atoms with van der Waals surface area (Å²) in [6.07, 6.45) is 4.54. The van der Waals surface area contributed by atoms with Gasteiger partial charge in [-0.15, -0.1) is 0 Å². The molecule has 150 valence electrons. The summed E-state index contributed by atoms with van der Waals surface area (Å²) in [6.45, 7) is 9.08. The molecule has 8 heteroatoms. The summed E-state index contributed by atoms with van der Waals surface area (Å²) in [5.41, 5.74) is -0.321. The molecular weight excluding hydrogens is 332 g/mol. The van der Waals surface area contributed by atoms with Crippen molar-refractivity contribution in [2.75, 3.05) is 46.9 Å². The van der Waals surface area contributed by atoms with Gasteiger partial charge in [0, 0.05) is 45.0 Å². The van der Waals surface area contributed by atoms with Crippen molar-refractivity contribution in [3.63, 3.8) is 0 Å². The highest BCUT2D eigenvalue weighted by atomic mass is 16.5. The van der Waals surface area contributed by atoms with Crippen LogP contribution in [0.25, 0.3) is 0 Å². The Bertz CT molecular complexity index is 542. The molecule has 1 aromatic heterocycles. The SMILES string of the molecule is CCNC(=NCC(C)(O)c1cnn(C)c1)NCC(CCN(C)C)OCC. The lowest BCUT2D eigenvalue weighted by Crippen LogP contribution is -2.43. The molecule has 0 radical (unpaired) electrons. The summed E-state index contributed by atoms with van der Waals surface area (Å²) in [4.78, 5) is 6.69. The van der Waals surface area contributed by atoms with E-state index in [2.05, 4.69) is 39.7 Å². The van der Waals surface area contributed by atoms with Crippen LogP contribution in [0.5, 0.6) is 0 Å². The zero-order chi connectivity index (χ0) is 19.6. The first kappa shape index (κ1) is 22.4. The van der Waals surface area contributed by atoms with Gasteiger partial charge in [0.1, 0.15) is 5.60 Å². The number of ether oxygens (including phenoxy) is 1. The topological polar surface area (TPSA) is 86.9 Å². The van der Waals surface area contributed by atoms with Gasteiger partial charge in [0.25, 0.3) is 0 Å². The summed E-state index contributed by atoms with van der Waals surface area (Å²) in [5.74, 6) is 0.672. The first-order valence-electron chi connectivity index (χ1n) is 9.28. The Morgan fingerprint density at radius 2 is 2.15 bits per heavy atom. The third-order valence-electron chi connectivity index (χ3n) is 4.01. The minimum Gasteiger partial charge on any atom is -0.383 e. The van der Waals surface area contributed by atoms with Crippen molar-refractivity contribution in [3.05, 3.63) is 18.0 Å². The minimum absolute atomic E-state index is 0.116. The van der Waals surface area contributed by atoms with E-state index in [1.165, 1.54) is 0 Å². The molecule has 0 bridgehead atoms. The Balaban J connectivity index is 2.66. The molecular formula is C18H36N6O2. The average Bonchev–Trinajstić information content (AvgIpc) is 3.02. The van der Waals surface area contributed by atoms with Gasteiger partial charge in [-0.2, -0.15) is 5.10 Å². The number of aliphatic imine (C=N–C) groups is 1. The fraction of sp³-hybridized carbons (Fsp3) is 0.778. The van der Waals surface area contributed by atoms with Crippen molar-refractivity contribution in [2.24, 2.45) is 12.0 Å². The molecule has 2 unspecified atom stereocenters. The molecule has 1 heterocycles. The highest BCUT2D eigenvalue weighted by molar-refractivity contribution is 5.79. The summed E-state index contributed by atoms with van der Waals surface area (Å²) in [5, 5.41) is 21.3. The number of aromatic nitrogens is 2. The van der Waals surface area contributed by atoms with E-state index in [1.807, 2.05) is 27.1 Å². The van der Waals surface area contributed by atoms with Gasteiger partial charge in [0.15, 0.2) is 5.96 Å². The summed E-state index contributed by atoms with van der Waals surface area (Å²) in [6, 6.07) is 0. The Labute approximate surface area is 157 Å². The Kier molecular flexibility index (Phi) is 9.61. The lowest BCUT2D eigenvalue weighted by atomic mass is 10.0. The number of hydrogen-bond donors (Lipinski definition) is 3. The van der Waals surface area contributed by atoms with Crippen LogP contribution < -0.4 is 10.6 Å². The molecule has 2 atom stereocenters. The van der Waals surface area contributed by atoms with Gasteiger partial charge in [0.2, 0.25) is 0 Å². The van der Waals surface area contributed by atoms with E-state index in [9.17, 15) is 5.11 Å². The first-order valence-corrected chi connectivity index (χ1v) is 9.28. The normalized spacial score (nSPS) is 15.8. The van der Waals surface area contributed by atoms with Crippen molar-refractivity contribution < 1.29 is 9.84 Å². The van der Waals surface area contributed by atoms with Crippen LogP contribution in [-0.2, 0) is 17.4 Å². The van der Waals surface area contributed by atoms with E-state index in [-0.39, 0.29) is 12.6 Å². The van der Waals surface area contributed by atoms with Crippen molar-refractivity contribution in [1.82, 2.24) is 25.3 Å². The maximum absolute atomic E-state index is 10.7. The Morgan fingerprint density at radius 3 is 2.69 bits per heavy atom. The van der Waals surface area contributed by atoms with Gasteiger partial charge in [-0.3, -0.25) is 4.68 Å². The van der Waals surface area contributed by atoms with Gasteiger partial charge in [-0.1, -0.05) is 0 Å². The average molecular weight is 369 g/mol. The zero-order valence-corrected chi connectivity index (χ0v) is 17.1. The second kappa shape index (κ2) is 11.2. The quantitative estimate of drug-likeness (QED) is 0.390. The number of nitrogens with zero attached hydrogens (tertiary/aromatic N) is 4. The second-order valence-corrected chi connectivity index (χ2v) is 6.92. The molecule has 0 saturated heterocycles. The molecule has 0 aliphatic rings. The molecule has 26 heavy (non-hydrogen) atoms. The number of aliphatic hydroxyl groups is 1. The summed E-state index contributed by atoms with van der Waals surface area (Å²) >= 11 is 0. The van der Waals surface area contributed by atoms with Crippen LogP contribution in [0.1, 0.15) is 32.8 Å².